The van der Waals surface area contributed by atoms with Crippen molar-refractivity contribution in [2.24, 2.45) is 0 Å². The predicted molar refractivity (Wildman–Crippen MR) is 101 cm³/mol. The molecule has 1 saturated heterocycles. The van der Waals surface area contributed by atoms with Crippen LogP contribution < -0.4 is 9.64 Å². The summed E-state index contributed by atoms with van der Waals surface area (Å²) in [5.41, 5.74) is 1.95. The van der Waals surface area contributed by atoms with Crippen LogP contribution in [-0.4, -0.2) is 43.1 Å². The minimum atomic E-state index is 0.0998. The van der Waals surface area contributed by atoms with Crippen molar-refractivity contribution in [3.8, 4) is 5.75 Å². The van der Waals surface area contributed by atoms with Gasteiger partial charge in [0.15, 0.2) is 0 Å². The fourth-order valence-corrected chi connectivity index (χ4v) is 2.98. The quantitative estimate of drug-likeness (QED) is 0.831. The molecule has 4 heteroatoms. The predicted octanol–water partition coefficient (Wildman–Crippen LogP) is 3.83. The van der Waals surface area contributed by atoms with Crippen molar-refractivity contribution >= 4 is 11.6 Å². The van der Waals surface area contributed by atoms with Gasteiger partial charge >= 0.3 is 0 Å². The van der Waals surface area contributed by atoms with Crippen LogP contribution in [0.15, 0.2) is 54.6 Å². The highest BCUT2D eigenvalue weighted by atomic mass is 16.5. The Balaban J connectivity index is 1.57. The molecule has 0 unspecified atom stereocenters. The van der Waals surface area contributed by atoms with Crippen molar-refractivity contribution in [2.75, 3.05) is 31.1 Å². The maximum absolute atomic E-state index is 12.7. The summed E-state index contributed by atoms with van der Waals surface area (Å²) < 4.78 is 5.78. The van der Waals surface area contributed by atoms with E-state index in [9.17, 15) is 4.79 Å². The first-order valence-corrected chi connectivity index (χ1v) is 9.03. The third kappa shape index (κ3) is 4.32. The van der Waals surface area contributed by atoms with Gasteiger partial charge in [-0.15, -0.1) is 0 Å². The van der Waals surface area contributed by atoms with Gasteiger partial charge in [-0.2, -0.15) is 0 Å². The van der Waals surface area contributed by atoms with Crippen molar-refractivity contribution in [3.63, 3.8) is 0 Å². The molecule has 1 aliphatic rings. The first-order chi connectivity index (χ1) is 12.2. The number of anilines is 1. The summed E-state index contributed by atoms with van der Waals surface area (Å²) in [7, 11) is 0. The molecule has 0 bridgehead atoms. The summed E-state index contributed by atoms with van der Waals surface area (Å²) in [6, 6.07) is 17.9. The van der Waals surface area contributed by atoms with Gasteiger partial charge in [0.2, 0.25) is 0 Å². The Hall–Kier alpha value is -2.49. The van der Waals surface area contributed by atoms with E-state index in [1.165, 1.54) is 5.69 Å². The Labute approximate surface area is 150 Å². The average Bonchev–Trinajstić information content (AvgIpc) is 2.69. The van der Waals surface area contributed by atoms with Crippen LogP contribution in [0.1, 0.15) is 30.6 Å². The maximum Gasteiger partial charge on any atom is 0.253 e. The van der Waals surface area contributed by atoms with E-state index in [1.807, 2.05) is 42.2 Å². The van der Waals surface area contributed by atoms with Crippen molar-refractivity contribution in [3.05, 3.63) is 60.2 Å². The zero-order valence-electron chi connectivity index (χ0n) is 15.0. The lowest BCUT2D eigenvalue weighted by Crippen LogP contribution is -2.48. The Morgan fingerprint density at radius 2 is 1.64 bits per heavy atom. The van der Waals surface area contributed by atoms with Crippen LogP contribution >= 0.6 is 0 Å². The summed E-state index contributed by atoms with van der Waals surface area (Å²) in [5.74, 6) is 0.919. The lowest BCUT2D eigenvalue weighted by Gasteiger charge is -2.36. The third-order valence-electron chi connectivity index (χ3n) is 4.70. The molecule has 2 aromatic carbocycles. The number of amides is 1. The molecule has 1 atom stereocenters. The largest absolute Gasteiger partial charge is 0.491 e. The van der Waals surface area contributed by atoms with Gasteiger partial charge in [0.1, 0.15) is 5.75 Å². The van der Waals surface area contributed by atoms with Crippen LogP contribution in [-0.2, 0) is 0 Å². The molecule has 1 fully saturated rings. The topological polar surface area (TPSA) is 32.8 Å². The number of hydrogen-bond donors (Lipinski definition) is 0. The zero-order chi connectivity index (χ0) is 17.6. The smallest absolute Gasteiger partial charge is 0.253 e. The van der Waals surface area contributed by atoms with Gasteiger partial charge in [0.25, 0.3) is 5.91 Å². The number of carbonyl (C=O) groups excluding carboxylic acids is 1. The van der Waals surface area contributed by atoms with E-state index >= 15 is 0 Å². The van der Waals surface area contributed by atoms with E-state index < -0.39 is 0 Å². The lowest BCUT2D eigenvalue weighted by molar-refractivity contribution is 0.0746. The van der Waals surface area contributed by atoms with Crippen molar-refractivity contribution < 1.29 is 9.53 Å². The molecule has 2 aromatic rings. The van der Waals surface area contributed by atoms with Crippen LogP contribution in [0, 0.1) is 0 Å². The van der Waals surface area contributed by atoms with Crippen molar-refractivity contribution in [1.29, 1.82) is 0 Å². The zero-order valence-corrected chi connectivity index (χ0v) is 15.0. The summed E-state index contributed by atoms with van der Waals surface area (Å²) in [6.45, 7) is 7.37. The maximum atomic E-state index is 12.7. The molecular formula is C21H26N2O2. The summed E-state index contributed by atoms with van der Waals surface area (Å²) in [5, 5.41) is 0. The highest BCUT2D eigenvalue weighted by Gasteiger charge is 2.22. The van der Waals surface area contributed by atoms with Gasteiger partial charge in [-0.05, 0) is 49.7 Å². The molecule has 3 rings (SSSR count). The van der Waals surface area contributed by atoms with E-state index in [0.29, 0.717) is 0 Å². The number of rotatable bonds is 5. The average molecular weight is 338 g/mol. The summed E-state index contributed by atoms with van der Waals surface area (Å²) >= 11 is 0. The number of nitrogens with zero attached hydrogens (tertiary/aromatic N) is 2. The SMILES string of the molecule is CC[C@@H](C)Oc1ccc(C(=O)N2CCN(c3ccccc3)CC2)cc1. The third-order valence-corrected chi connectivity index (χ3v) is 4.70. The highest BCUT2D eigenvalue weighted by Crippen LogP contribution is 2.19. The molecular weight excluding hydrogens is 312 g/mol. The second-order valence-electron chi connectivity index (χ2n) is 6.48. The highest BCUT2D eigenvalue weighted by molar-refractivity contribution is 5.94. The van der Waals surface area contributed by atoms with Crippen LogP contribution in [0.25, 0.3) is 0 Å². The molecule has 0 radical (unpaired) electrons. The van der Waals surface area contributed by atoms with Crippen LogP contribution in [0.3, 0.4) is 0 Å². The number of hydrogen-bond acceptors (Lipinski definition) is 3. The summed E-state index contributed by atoms with van der Waals surface area (Å²) in [6.07, 6.45) is 1.15. The minimum Gasteiger partial charge on any atom is -0.491 e. The molecule has 1 aliphatic heterocycles. The molecule has 1 amide bonds. The van der Waals surface area contributed by atoms with Gasteiger partial charge in [-0.3, -0.25) is 4.79 Å². The Bertz CT molecular complexity index is 677. The second kappa shape index (κ2) is 8.06. The van der Waals surface area contributed by atoms with Gasteiger partial charge < -0.3 is 14.5 Å². The Morgan fingerprint density at radius 3 is 2.24 bits per heavy atom. The Kier molecular flexibility index (Phi) is 5.59. The van der Waals surface area contributed by atoms with Gasteiger partial charge in [0.05, 0.1) is 6.10 Å². The monoisotopic (exact) mass is 338 g/mol. The molecule has 132 valence electrons. The molecule has 4 nitrogen and oxygen atoms in total. The van der Waals surface area contributed by atoms with E-state index in [4.69, 9.17) is 4.74 Å². The number of benzene rings is 2. The number of para-hydroxylation sites is 1. The first kappa shape index (κ1) is 17.3. The molecule has 0 saturated carbocycles. The molecule has 0 aromatic heterocycles. The second-order valence-corrected chi connectivity index (χ2v) is 6.48. The van der Waals surface area contributed by atoms with E-state index in [2.05, 4.69) is 36.1 Å². The molecule has 1 heterocycles. The van der Waals surface area contributed by atoms with Gasteiger partial charge in [-0.1, -0.05) is 25.1 Å². The number of ether oxygens (including phenoxy) is 1. The minimum absolute atomic E-state index is 0.0998. The standard InChI is InChI=1S/C21H26N2O2/c1-3-17(2)25-20-11-9-18(10-12-20)21(24)23-15-13-22(14-16-23)19-7-5-4-6-8-19/h4-12,17H,3,13-16H2,1-2H3/t17-/m1/s1. The summed E-state index contributed by atoms with van der Waals surface area (Å²) in [4.78, 5) is 17.0. The normalized spacial score (nSPS) is 15.8. The fourth-order valence-electron chi connectivity index (χ4n) is 2.98. The molecule has 0 aliphatic carbocycles. The fraction of sp³-hybridized carbons (Fsp3) is 0.381. The number of piperazine rings is 1. The van der Waals surface area contributed by atoms with E-state index in [0.717, 1.165) is 43.9 Å². The Morgan fingerprint density at radius 1 is 1.00 bits per heavy atom. The van der Waals surface area contributed by atoms with Gasteiger partial charge in [-0.25, -0.2) is 0 Å². The molecule has 0 N–H and O–H groups in total. The van der Waals surface area contributed by atoms with Crippen molar-refractivity contribution in [1.82, 2.24) is 4.90 Å². The molecule has 0 spiro atoms. The van der Waals surface area contributed by atoms with Crippen LogP contribution in [0.2, 0.25) is 0 Å². The van der Waals surface area contributed by atoms with Crippen LogP contribution in [0.5, 0.6) is 5.75 Å². The van der Waals surface area contributed by atoms with Crippen LogP contribution in [0.4, 0.5) is 5.69 Å². The first-order valence-electron chi connectivity index (χ1n) is 9.03. The van der Waals surface area contributed by atoms with E-state index in [-0.39, 0.29) is 12.0 Å². The van der Waals surface area contributed by atoms with Crippen molar-refractivity contribution in [2.45, 2.75) is 26.4 Å². The lowest BCUT2D eigenvalue weighted by atomic mass is 10.1. The van der Waals surface area contributed by atoms with E-state index in [1.54, 1.807) is 0 Å². The molecule has 25 heavy (non-hydrogen) atoms. The van der Waals surface area contributed by atoms with Gasteiger partial charge in [0, 0.05) is 37.4 Å². The number of carbonyl (C=O) groups is 1.